The van der Waals surface area contributed by atoms with Gasteiger partial charge in [-0.15, -0.1) is 0 Å². The first kappa shape index (κ1) is 20.1. The third-order valence-electron chi connectivity index (χ3n) is 4.74. The predicted octanol–water partition coefficient (Wildman–Crippen LogP) is 2.03. The quantitative estimate of drug-likeness (QED) is 0.536. The molecule has 0 unspecified atom stereocenters. The molecule has 0 spiro atoms. The zero-order valence-corrected chi connectivity index (χ0v) is 17.3. The largest absolute Gasteiger partial charge is 0.379 e. The molecule has 0 N–H and O–H groups in total. The Morgan fingerprint density at radius 3 is 2.52 bits per heavy atom. The third kappa shape index (κ3) is 4.26. The average molecular weight is 410 g/mol. The highest BCUT2D eigenvalue weighted by molar-refractivity contribution is 7.99. The van der Waals surface area contributed by atoms with Crippen LogP contribution in [0.4, 0.5) is 0 Å². The minimum Gasteiger partial charge on any atom is -0.379 e. The minimum absolute atomic E-state index is 0.0352. The summed E-state index contributed by atoms with van der Waals surface area (Å²) in [6, 6.07) is 5.08. The Hall–Kier alpha value is -1.68. The molecular weight excluding hydrogens is 386 g/mol. The second-order valence-electron chi connectivity index (χ2n) is 6.40. The number of aromatic nitrogens is 2. The van der Waals surface area contributed by atoms with Crippen molar-refractivity contribution in [3.8, 4) is 0 Å². The SMILES string of the molecule is Cc1cc(C(=O)CSc2ccc(S(=O)(=O)N3CCOCC3)cn2)c(C)n1C. The number of hydrogen-bond donors (Lipinski definition) is 0. The normalized spacial score (nSPS) is 15.8. The fourth-order valence-corrected chi connectivity index (χ4v) is 4.98. The van der Waals surface area contributed by atoms with Crippen LogP contribution in [0.2, 0.25) is 0 Å². The van der Waals surface area contributed by atoms with Gasteiger partial charge in [0.1, 0.15) is 4.90 Å². The lowest BCUT2D eigenvalue weighted by atomic mass is 10.2. The van der Waals surface area contributed by atoms with Crippen molar-refractivity contribution in [2.24, 2.45) is 7.05 Å². The van der Waals surface area contributed by atoms with E-state index in [4.69, 9.17) is 4.74 Å². The van der Waals surface area contributed by atoms with E-state index in [1.165, 1.54) is 22.3 Å². The standard InChI is InChI=1S/C18H23N3O4S2/c1-13-10-16(14(2)20(13)3)17(22)12-26-18-5-4-15(11-19-18)27(23,24)21-6-8-25-9-7-21/h4-5,10-11H,6-9,12H2,1-3H3. The van der Waals surface area contributed by atoms with Crippen LogP contribution in [0.15, 0.2) is 34.3 Å². The Kier molecular flexibility index (Phi) is 6.05. The number of hydrogen-bond acceptors (Lipinski definition) is 6. The summed E-state index contributed by atoms with van der Waals surface area (Å²) in [5.41, 5.74) is 2.70. The highest BCUT2D eigenvalue weighted by Gasteiger charge is 2.26. The molecule has 1 fully saturated rings. The molecule has 9 heteroatoms. The molecule has 0 radical (unpaired) electrons. The number of ether oxygens (including phenoxy) is 1. The van der Waals surface area contributed by atoms with E-state index in [0.717, 1.165) is 11.4 Å². The van der Waals surface area contributed by atoms with Crippen LogP contribution in [0, 0.1) is 13.8 Å². The Balaban J connectivity index is 1.65. The van der Waals surface area contributed by atoms with Crippen molar-refractivity contribution in [3.63, 3.8) is 0 Å². The fraction of sp³-hybridized carbons (Fsp3) is 0.444. The summed E-state index contributed by atoms with van der Waals surface area (Å²) >= 11 is 1.30. The third-order valence-corrected chi connectivity index (χ3v) is 7.57. The van der Waals surface area contributed by atoms with E-state index in [1.807, 2.05) is 31.5 Å². The molecule has 27 heavy (non-hydrogen) atoms. The van der Waals surface area contributed by atoms with E-state index >= 15 is 0 Å². The molecule has 1 aliphatic heterocycles. The molecule has 0 aliphatic carbocycles. The topological polar surface area (TPSA) is 81.5 Å². The summed E-state index contributed by atoms with van der Waals surface area (Å²) in [6.45, 7) is 5.40. The van der Waals surface area contributed by atoms with Gasteiger partial charge in [0, 0.05) is 43.3 Å². The predicted molar refractivity (Wildman–Crippen MR) is 104 cm³/mol. The molecule has 0 saturated carbocycles. The van der Waals surface area contributed by atoms with Crippen molar-refractivity contribution in [2.45, 2.75) is 23.8 Å². The van der Waals surface area contributed by atoms with Gasteiger partial charge in [0.15, 0.2) is 5.78 Å². The monoisotopic (exact) mass is 409 g/mol. The van der Waals surface area contributed by atoms with Crippen LogP contribution in [0.5, 0.6) is 0 Å². The number of ketones is 1. The van der Waals surface area contributed by atoms with Crippen molar-refractivity contribution in [2.75, 3.05) is 32.1 Å². The van der Waals surface area contributed by atoms with Gasteiger partial charge in [0.2, 0.25) is 10.0 Å². The summed E-state index contributed by atoms with van der Waals surface area (Å²) in [4.78, 5) is 16.8. The van der Waals surface area contributed by atoms with Gasteiger partial charge in [-0.05, 0) is 32.0 Å². The Morgan fingerprint density at radius 2 is 1.96 bits per heavy atom. The van der Waals surface area contributed by atoms with Crippen LogP contribution < -0.4 is 0 Å². The molecule has 0 aromatic carbocycles. The number of morpholine rings is 1. The maximum Gasteiger partial charge on any atom is 0.244 e. The maximum absolute atomic E-state index is 12.6. The van der Waals surface area contributed by atoms with Gasteiger partial charge in [0.25, 0.3) is 0 Å². The van der Waals surface area contributed by atoms with Crippen LogP contribution in [0.1, 0.15) is 21.7 Å². The molecule has 1 saturated heterocycles. The first-order valence-electron chi connectivity index (χ1n) is 8.63. The number of nitrogens with zero attached hydrogens (tertiary/aromatic N) is 3. The maximum atomic E-state index is 12.6. The van der Waals surface area contributed by atoms with Gasteiger partial charge in [0.05, 0.1) is 24.0 Å². The molecule has 0 bridgehead atoms. The van der Waals surface area contributed by atoms with E-state index in [2.05, 4.69) is 4.98 Å². The molecule has 7 nitrogen and oxygen atoms in total. The number of Topliss-reactive ketones (excluding diaryl/α,β-unsaturated/α-hetero) is 1. The summed E-state index contributed by atoms with van der Waals surface area (Å²) < 4.78 is 33.8. The van der Waals surface area contributed by atoms with E-state index in [0.29, 0.717) is 36.9 Å². The first-order chi connectivity index (χ1) is 12.8. The number of aryl methyl sites for hydroxylation is 1. The van der Waals surface area contributed by atoms with Crippen molar-refractivity contribution in [1.82, 2.24) is 13.9 Å². The van der Waals surface area contributed by atoms with Gasteiger partial charge in [-0.1, -0.05) is 11.8 Å². The van der Waals surface area contributed by atoms with Crippen molar-refractivity contribution < 1.29 is 17.9 Å². The van der Waals surface area contributed by atoms with E-state index in [1.54, 1.807) is 12.1 Å². The summed E-state index contributed by atoms with van der Waals surface area (Å²) in [5, 5.41) is 0.620. The summed E-state index contributed by atoms with van der Waals surface area (Å²) in [5.74, 6) is 0.292. The zero-order valence-electron chi connectivity index (χ0n) is 15.6. The fourth-order valence-electron chi connectivity index (χ4n) is 2.90. The lowest BCUT2D eigenvalue weighted by molar-refractivity contribution is 0.0730. The van der Waals surface area contributed by atoms with Gasteiger partial charge in [-0.3, -0.25) is 4.79 Å². The molecule has 3 rings (SSSR count). The number of sulfonamides is 1. The van der Waals surface area contributed by atoms with Crippen LogP contribution in [0.25, 0.3) is 0 Å². The number of thioether (sulfide) groups is 1. The number of carbonyl (C=O) groups excluding carboxylic acids is 1. The second-order valence-corrected chi connectivity index (χ2v) is 9.34. The van der Waals surface area contributed by atoms with Gasteiger partial charge in [-0.2, -0.15) is 4.31 Å². The van der Waals surface area contributed by atoms with Gasteiger partial charge >= 0.3 is 0 Å². The van der Waals surface area contributed by atoms with Crippen molar-refractivity contribution in [1.29, 1.82) is 0 Å². The smallest absolute Gasteiger partial charge is 0.244 e. The van der Waals surface area contributed by atoms with Crippen LogP contribution in [-0.4, -0.2) is 60.1 Å². The average Bonchev–Trinajstić information content (AvgIpc) is 2.94. The van der Waals surface area contributed by atoms with Crippen molar-refractivity contribution >= 4 is 27.6 Å². The second kappa shape index (κ2) is 8.14. The molecule has 1 aliphatic rings. The molecular formula is C18H23N3O4S2. The first-order valence-corrected chi connectivity index (χ1v) is 11.1. The Labute approximate surface area is 163 Å². The van der Waals surface area contributed by atoms with Crippen LogP contribution in [0.3, 0.4) is 0 Å². The van der Waals surface area contributed by atoms with Gasteiger partial charge < -0.3 is 9.30 Å². The van der Waals surface area contributed by atoms with E-state index in [9.17, 15) is 13.2 Å². The van der Waals surface area contributed by atoms with E-state index < -0.39 is 10.0 Å². The molecule has 2 aromatic heterocycles. The highest BCUT2D eigenvalue weighted by Crippen LogP contribution is 2.22. The summed E-state index contributed by atoms with van der Waals surface area (Å²) in [7, 11) is -1.61. The molecule has 2 aromatic rings. The summed E-state index contributed by atoms with van der Waals surface area (Å²) in [6.07, 6.45) is 1.36. The molecule has 0 atom stereocenters. The van der Waals surface area contributed by atoms with Gasteiger partial charge in [-0.25, -0.2) is 13.4 Å². The Morgan fingerprint density at radius 1 is 1.26 bits per heavy atom. The lowest BCUT2D eigenvalue weighted by Crippen LogP contribution is -2.40. The van der Waals surface area contributed by atoms with E-state index in [-0.39, 0.29) is 16.4 Å². The van der Waals surface area contributed by atoms with Crippen LogP contribution in [-0.2, 0) is 21.8 Å². The molecule has 3 heterocycles. The minimum atomic E-state index is -3.55. The van der Waals surface area contributed by atoms with Crippen molar-refractivity contribution in [3.05, 3.63) is 41.3 Å². The number of carbonyl (C=O) groups is 1. The van der Waals surface area contributed by atoms with Crippen LogP contribution >= 0.6 is 11.8 Å². The number of pyridine rings is 1. The zero-order chi connectivity index (χ0) is 19.6. The molecule has 146 valence electrons. The lowest BCUT2D eigenvalue weighted by Gasteiger charge is -2.25. The molecule has 0 amide bonds. The Bertz CT molecular complexity index is 930. The number of rotatable bonds is 6. The highest BCUT2D eigenvalue weighted by atomic mass is 32.2.